The monoisotopic (exact) mass is 778 g/mol. The quantitative estimate of drug-likeness (QED) is 0.178. The molecule has 14 rings (SSSR count). The molecule has 0 amide bonds. The predicted molar refractivity (Wildman–Crippen MR) is 247 cm³/mol. The van der Waals surface area contributed by atoms with Crippen molar-refractivity contribution in [1.82, 2.24) is 19.5 Å². The van der Waals surface area contributed by atoms with Crippen LogP contribution in [0.5, 0.6) is 0 Å². The van der Waals surface area contributed by atoms with Crippen LogP contribution in [-0.2, 0) is 0 Å². The van der Waals surface area contributed by atoms with Crippen molar-refractivity contribution in [3.05, 3.63) is 182 Å². The molecule has 6 heteroatoms. The van der Waals surface area contributed by atoms with Crippen LogP contribution in [0.15, 0.2) is 191 Å². The van der Waals surface area contributed by atoms with Gasteiger partial charge >= 0.3 is 0 Å². The van der Waals surface area contributed by atoms with Gasteiger partial charge in [-0.05, 0) is 69.4 Å². The summed E-state index contributed by atoms with van der Waals surface area (Å²) in [6.45, 7) is 0. The highest BCUT2D eigenvalue weighted by atomic mass is 16.3. The average molecular weight is 779 g/mol. The van der Waals surface area contributed by atoms with Gasteiger partial charge in [0.1, 0.15) is 16.7 Å². The Hall–Kier alpha value is -8.35. The number of aromatic nitrogens is 4. The molecule has 4 aromatic heterocycles. The molecule has 6 nitrogen and oxygen atoms in total. The standard InChI is InChI=1S/C55H30N4O2/c1-2-13-32(14-3-1)53-56-54(39-22-11-27-45-48(39)37-18-6-7-26-44(37)60-45)58-55(57-53)40-23-12-28-46-49(40)38-21-10-25-43(52(38)61-46)59-41-24-9-20-36-34-17-5-4-16-33(34)35-19-8-15-31-29-30-42(59)51(47(31)35)50(36)41/h1-30H. The van der Waals surface area contributed by atoms with Crippen LogP contribution in [0.4, 0.5) is 0 Å². The maximum absolute atomic E-state index is 7.00. The molecule has 0 aliphatic heterocycles. The summed E-state index contributed by atoms with van der Waals surface area (Å²) < 4.78 is 15.7. The van der Waals surface area contributed by atoms with Crippen molar-refractivity contribution in [2.75, 3.05) is 0 Å². The molecule has 0 spiro atoms. The molecule has 0 unspecified atom stereocenters. The number of hydrogen-bond donors (Lipinski definition) is 0. The summed E-state index contributed by atoms with van der Waals surface area (Å²) in [7, 11) is 0. The molecule has 13 aromatic rings. The van der Waals surface area contributed by atoms with Gasteiger partial charge < -0.3 is 13.4 Å². The van der Waals surface area contributed by atoms with E-state index in [4.69, 9.17) is 23.8 Å². The minimum atomic E-state index is 0.564. The van der Waals surface area contributed by atoms with E-state index in [9.17, 15) is 0 Å². The minimum absolute atomic E-state index is 0.564. The van der Waals surface area contributed by atoms with Crippen molar-refractivity contribution in [2.24, 2.45) is 0 Å². The Kier molecular flexibility index (Phi) is 6.46. The lowest BCUT2D eigenvalue weighted by Gasteiger charge is -2.13. The zero-order valence-electron chi connectivity index (χ0n) is 32.4. The Balaban J connectivity index is 1.04. The van der Waals surface area contributed by atoms with Gasteiger partial charge in [-0.1, -0.05) is 146 Å². The fraction of sp³-hybridized carbons (Fsp3) is 0. The molecular weight excluding hydrogens is 749 g/mol. The van der Waals surface area contributed by atoms with E-state index < -0.39 is 0 Å². The van der Waals surface area contributed by atoms with Crippen LogP contribution in [0.25, 0.3) is 139 Å². The van der Waals surface area contributed by atoms with Gasteiger partial charge in [0.2, 0.25) is 0 Å². The van der Waals surface area contributed by atoms with Gasteiger partial charge in [-0.2, -0.15) is 0 Å². The summed E-state index contributed by atoms with van der Waals surface area (Å²) in [6, 6.07) is 63.6. The van der Waals surface area contributed by atoms with Gasteiger partial charge in [-0.15, -0.1) is 0 Å². The van der Waals surface area contributed by atoms with E-state index in [1.165, 1.54) is 43.8 Å². The number of rotatable bonds is 4. The second-order valence-electron chi connectivity index (χ2n) is 15.8. The maximum Gasteiger partial charge on any atom is 0.164 e. The summed E-state index contributed by atoms with van der Waals surface area (Å²) in [4.78, 5) is 15.6. The second-order valence-corrected chi connectivity index (χ2v) is 15.8. The van der Waals surface area contributed by atoms with E-state index in [1.54, 1.807) is 0 Å². The van der Waals surface area contributed by atoms with Gasteiger partial charge in [0.15, 0.2) is 23.1 Å². The van der Waals surface area contributed by atoms with Crippen molar-refractivity contribution < 1.29 is 8.83 Å². The summed E-state index contributed by atoms with van der Waals surface area (Å²) in [5.41, 5.74) is 14.1. The summed E-state index contributed by atoms with van der Waals surface area (Å²) in [6.07, 6.45) is 0. The highest BCUT2D eigenvalue weighted by Gasteiger charge is 2.27. The van der Waals surface area contributed by atoms with Crippen LogP contribution < -0.4 is 0 Å². The zero-order chi connectivity index (χ0) is 39.8. The first kappa shape index (κ1) is 32.6. The maximum atomic E-state index is 7.00. The number of hydrogen-bond acceptors (Lipinski definition) is 5. The van der Waals surface area contributed by atoms with Crippen molar-refractivity contribution in [3.8, 4) is 62.1 Å². The molecule has 0 fully saturated rings. The van der Waals surface area contributed by atoms with Crippen molar-refractivity contribution in [3.63, 3.8) is 0 Å². The molecule has 0 radical (unpaired) electrons. The second kappa shape index (κ2) is 12.1. The molecule has 4 heterocycles. The average Bonchev–Trinajstić information content (AvgIpc) is 3.99. The topological polar surface area (TPSA) is 69.9 Å². The van der Waals surface area contributed by atoms with E-state index in [0.717, 1.165) is 77.3 Å². The molecule has 1 aliphatic rings. The molecule has 0 saturated heterocycles. The normalized spacial score (nSPS) is 12.3. The van der Waals surface area contributed by atoms with Crippen LogP contribution in [-0.4, -0.2) is 19.5 Å². The van der Waals surface area contributed by atoms with Crippen molar-refractivity contribution in [2.45, 2.75) is 0 Å². The Morgan fingerprint density at radius 2 is 0.885 bits per heavy atom. The molecule has 61 heavy (non-hydrogen) atoms. The lowest BCUT2D eigenvalue weighted by Crippen LogP contribution is -2.00. The van der Waals surface area contributed by atoms with Crippen LogP contribution in [0.1, 0.15) is 0 Å². The summed E-state index contributed by atoms with van der Waals surface area (Å²) in [5.74, 6) is 1.72. The first-order valence-electron chi connectivity index (χ1n) is 20.5. The third-order valence-corrected chi connectivity index (χ3v) is 12.6. The molecule has 0 N–H and O–H groups in total. The number of para-hydroxylation sites is 2. The van der Waals surface area contributed by atoms with Crippen LogP contribution in [0.3, 0.4) is 0 Å². The third kappa shape index (κ3) is 4.48. The molecule has 0 saturated carbocycles. The molecule has 1 aliphatic carbocycles. The number of benzene rings is 9. The van der Waals surface area contributed by atoms with Gasteiger partial charge in [-0.25, -0.2) is 15.0 Å². The van der Waals surface area contributed by atoms with Gasteiger partial charge in [-0.3, -0.25) is 0 Å². The number of fused-ring (bicyclic) bond motifs is 9. The molecule has 282 valence electrons. The van der Waals surface area contributed by atoms with Gasteiger partial charge in [0.25, 0.3) is 0 Å². The van der Waals surface area contributed by atoms with Crippen LogP contribution in [0, 0.1) is 0 Å². The molecule has 0 atom stereocenters. The van der Waals surface area contributed by atoms with Gasteiger partial charge in [0.05, 0.1) is 16.7 Å². The molecule has 0 bridgehead atoms. The van der Waals surface area contributed by atoms with E-state index in [1.807, 2.05) is 72.8 Å². The fourth-order valence-corrected chi connectivity index (χ4v) is 10.1. The lowest BCUT2D eigenvalue weighted by atomic mass is 9.93. The van der Waals surface area contributed by atoms with E-state index in [0.29, 0.717) is 17.5 Å². The highest BCUT2D eigenvalue weighted by Crippen LogP contribution is 2.50. The number of nitrogens with zero attached hydrogens (tertiary/aromatic N) is 4. The molecule has 9 aromatic carbocycles. The van der Waals surface area contributed by atoms with Crippen LogP contribution >= 0.6 is 0 Å². The first-order valence-corrected chi connectivity index (χ1v) is 20.5. The van der Waals surface area contributed by atoms with Crippen molar-refractivity contribution >= 4 is 76.5 Å². The SMILES string of the molecule is c1ccc(-c2nc(-c3cccc4oc5ccccc5c34)nc(-c3cccc4oc5c(-n6c7cccc8c7c7c9c(cccc9ccc76)-c6ccccc6-8)cccc5c34)n2)cc1. The number of furan rings is 2. The van der Waals surface area contributed by atoms with Gasteiger partial charge in [0, 0.05) is 49.0 Å². The predicted octanol–water partition coefficient (Wildman–Crippen LogP) is 14.6. The lowest BCUT2D eigenvalue weighted by molar-refractivity contribution is 0.666. The Morgan fingerprint density at radius 3 is 1.69 bits per heavy atom. The minimum Gasteiger partial charge on any atom is -0.456 e. The summed E-state index contributed by atoms with van der Waals surface area (Å²) >= 11 is 0. The van der Waals surface area contributed by atoms with E-state index in [2.05, 4.69) is 114 Å². The summed E-state index contributed by atoms with van der Waals surface area (Å²) in [5, 5.41) is 8.94. The largest absolute Gasteiger partial charge is 0.456 e. The highest BCUT2D eigenvalue weighted by molar-refractivity contribution is 6.31. The molecular formula is C55H30N4O2. The fourth-order valence-electron chi connectivity index (χ4n) is 10.1. The van der Waals surface area contributed by atoms with Crippen molar-refractivity contribution in [1.29, 1.82) is 0 Å². The Bertz CT molecular complexity index is 4010. The third-order valence-electron chi connectivity index (χ3n) is 12.6. The van der Waals surface area contributed by atoms with Crippen LogP contribution in [0.2, 0.25) is 0 Å². The zero-order valence-corrected chi connectivity index (χ0v) is 32.4. The Labute approximate surface area is 347 Å². The van der Waals surface area contributed by atoms with E-state index in [-0.39, 0.29) is 0 Å². The first-order chi connectivity index (χ1) is 30.3. The Morgan fingerprint density at radius 1 is 0.328 bits per heavy atom. The smallest absolute Gasteiger partial charge is 0.164 e. The van der Waals surface area contributed by atoms with E-state index >= 15 is 0 Å².